The third-order valence-electron chi connectivity index (χ3n) is 3.24. The van der Waals surface area contributed by atoms with Crippen molar-refractivity contribution in [1.29, 1.82) is 0 Å². The topological polar surface area (TPSA) is 72.8 Å². The Bertz CT molecular complexity index is 248. The number of hydrogen-bond acceptors (Lipinski definition) is 4. The number of hydrogen-bond donors (Lipinski definition) is 3. The maximum absolute atomic E-state index is 11.8. The lowest BCUT2D eigenvalue weighted by molar-refractivity contribution is -0.125. The SMILES string of the molecule is CC(C)CCNC(=O)C(C)N1C[C@@H](O)[C@@H](O)C1. The van der Waals surface area contributed by atoms with Crippen LogP contribution in [0.1, 0.15) is 27.2 Å². The number of aliphatic hydroxyl groups excluding tert-OH is 2. The first-order chi connectivity index (χ1) is 7.91. The van der Waals surface area contributed by atoms with Gasteiger partial charge in [-0.05, 0) is 19.3 Å². The lowest BCUT2D eigenvalue weighted by Crippen LogP contribution is -2.45. The Morgan fingerprint density at radius 3 is 2.29 bits per heavy atom. The molecule has 1 fully saturated rings. The van der Waals surface area contributed by atoms with E-state index < -0.39 is 12.2 Å². The van der Waals surface area contributed by atoms with Gasteiger partial charge in [-0.1, -0.05) is 13.8 Å². The first-order valence-electron chi connectivity index (χ1n) is 6.29. The summed E-state index contributed by atoms with van der Waals surface area (Å²) in [6.07, 6.45) is -0.509. The van der Waals surface area contributed by atoms with E-state index in [1.54, 1.807) is 11.8 Å². The average molecular weight is 244 g/mol. The maximum atomic E-state index is 11.8. The van der Waals surface area contributed by atoms with E-state index in [1.807, 2.05) is 0 Å². The number of aliphatic hydroxyl groups is 2. The number of rotatable bonds is 5. The van der Waals surface area contributed by atoms with Crippen LogP contribution in [-0.2, 0) is 4.79 Å². The van der Waals surface area contributed by atoms with Gasteiger partial charge in [-0.2, -0.15) is 0 Å². The molecule has 0 spiro atoms. The molecular formula is C12H24N2O3. The highest BCUT2D eigenvalue weighted by Gasteiger charge is 2.34. The van der Waals surface area contributed by atoms with Crippen LogP contribution in [0, 0.1) is 5.92 Å². The molecule has 1 saturated heterocycles. The highest BCUT2D eigenvalue weighted by Crippen LogP contribution is 2.13. The summed E-state index contributed by atoms with van der Waals surface area (Å²) in [6, 6.07) is -0.297. The molecule has 5 heteroatoms. The molecule has 1 aliphatic heterocycles. The summed E-state index contributed by atoms with van der Waals surface area (Å²) in [5.74, 6) is 0.535. The summed E-state index contributed by atoms with van der Waals surface area (Å²) in [4.78, 5) is 13.6. The van der Waals surface area contributed by atoms with Gasteiger partial charge in [0.1, 0.15) is 0 Å². The van der Waals surface area contributed by atoms with Crippen LogP contribution in [0.2, 0.25) is 0 Å². The van der Waals surface area contributed by atoms with Crippen LogP contribution in [-0.4, -0.2) is 58.9 Å². The van der Waals surface area contributed by atoms with Gasteiger partial charge in [-0.25, -0.2) is 0 Å². The monoisotopic (exact) mass is 244 g/mol. The van der Waals surface area contributed by atoms with Crippen molar-refractivity contribution in [2.45, 2.75) is 45.4 Å². The summed E-state index contributed by atoms with van der Waals surface area (Å²) in [6.45, 7) is 7.43. The van der Waals surface area contributed by atoms with E-state index in [0.29, 0.717) is 25.6 Å². The number of carbonyl (C=O) groups is 1. The second kappa shape index (κ2) is 6.33. The Balaban J connectivity index is 2.32. The number of carbonyl (C=O) groups excluding carboxylic acids is 1. The first-order valence-corrected chi connectivity index (χ1v) is 6.29. The fourth-order valence-corrected chi connectivity index (χ4v) is 1.91. The summed E-state index contributed by atoms with van der Waals surface area (Å²) < 4.78 is 0. The van der Waals surface area contributed by atoms with Crippen molar-refractivity contribution >= 4 is 5.91 Å². The third-order valence-corrected chi connectivity index (χ3v) is 3.24. The molecule has 0 aromatic rings. The number of nitrogens with zero attached hydrogens (tertiary/aromatic N) is 1. The van der Waals surface area contributed by atoms with Gasteiger partial charge in [0.2, 0.25) is 5.91 Å². The largest absolute Gasteiger partial charge is 0.389 e. The second-order valence-electron chi connectivity index (χ2n) is 5.24. The Hall–Kier alpha value is -0.650. The zero-order valence-corrected chi connectivity index (χ0v) is 10.9. The van der Waals surface area contributed by atoms with Gasteiger partial charge < -0.3 is 15.5 Å². The zero-order valence-electron chi connectivity index (χ0n) is 10.9. The van der Waals surface area contributed by atoms with Crippen molar-refractivity contribution < 1.29 is 15.0 Å². The minimum Gasteiger partial charge on any atom is -0.389 e. The zero-order chi connectivity index (χ0) is 13.0. The molecule has 1 aliphatic rings. The molecule has 0 aromatic heterocycles. The van der Waals surface area contributed by atoms with E-state index in [0.717, 1.165) is 6.42 Å². The fraction of sp³-hybridized carbons (Fsp3) is 0.917. The van der Waals surface area contributed by atoms with E-state index in [-0.39, 0.29) is 11.9 Å². The number of β-amino-alcohol motifs (C(OH)–C–C–N with tert-alkyl or cyclic N) is 2. The Morgan fingerprint density at radius 2 is 1.82 bits per heavy atom. The predicted octanol–water partition coefficient (Wildman–Crippen LogP) is -0.425. The van der Waals surface area contributed by atoms with Crippen LogP contribution in [0.15, 0.2) is 0 Å². The first kappa shape index (κ1) is 14.4. The van der Waals surface area contributed by atoms with Crippen molar-refractivity contribution in [2.75, 3.05) is 19.6 Å². The van der Waals surface area contributed by atoms with Crippen LogP contribution in [0.25, 0.3) is 0 Å². The van der Waals surface area contributed by atoms with Crippen LogP contribution in [0.3, 0.4) is 0 Å². The van der Waals surface area contributed by atoms with Crippen LogP contribution in [0.4, 0.5) is 0 Å². The van der Waals surface area contributed by atoms with Crippen LogP contribution in [0.5, 0.6) is 0 Å². The molecule has 1 unspecified atom stereocenters. The van der Waals surface area contributed by atoms with Gasteiger partial charge in [0, 0.05) is 19.6 Å². The molecule has 1 amide bonds. The third kappa shape index (κ3) is 4.26. The number of nitrogens with one attached hydrogen (secondary N) is 1. The molecule has 0 aliphatic carbocycles. The van der Waals surface area contributed by atoms with Gasteiger partial charge in [0.25, 0.3) is 0 Å². The molecule has 1 heterocycles. The number of amides is 1. The average Bonchev–Trinajstić information content (AvgIpc) is 2.57. The van der Waals surface area contributed by atoms with Gasteiger partial charge in [0.15, 0.2) is 0 Å². The van der Waals surface area contributed by atoms with Gasteiger partial charge in [0.05, 0.1) is 18.2 Å². The van der Waals surface area contributed by atoms with Gasteiger partial charge in [-0.3, -0.25) is 9.69 Å². The molecule has 1 rings (SSSR count). The van der Waals surface area contributed by atoms with Crippen molar-refractivity contribution in [3.8, 4) is 0 Å². The summed E-state index contributed by atoms with van der Waals surface area (Å²) in [5, 5.41) is 21.7. The fourth-order valence-electron chi connectivity index (χ4n) is 1.91. The van der Waals surface area contributed by atoms with E-state index in [9.17, 15) is 15.0 Å². The van der Waals surface area contributed by atoms with Crippen molar-refractivity contribution in [3.63, 3.8) is 0 Å². The second-order valence-corrected chi connectivity index (χ2v) is 5.24. The van der Waals surface area contributed by atoms with E-state index in [2.05, 4.69) is 19.2 Å². The smallest absolute Gasteiger partial charge is 0.237 e. The van der Waals surface area contributed by atoms with Gasteiger partial charge in [-0.15, -0.1) is 0 Å². The normalized spacial score (nSPS) is 27.4. The maximum Gasteiger partial charge on any atom is 0.237 e. The standard InChI is InChI=1S/C12H24N2O3/c1-8(2)4-5-13-12(17)9(3)14-6-10(15)11(16)7-14/h8-11,15-16H,4-7H2,1-3H3,(H,13,17)/t9?,10-,11+. The molecule has 3 N–H and O–H groups in total. The predicted molar refractivity (Wildman–Crippen MR) is 65.5 cm³/mol. The summed E-state index contributed by atoms with van der Waals surface area (Å²) in [5.41, 5.74) is 0. The van der Waals surface area contributed by atoms with E-state index >= 15 is 0 Å². The Labute approximate surface area is 103 Å². The summed E-state index contributed by atoms with van der Waals surface area (Å²) in [7, 11) is 0. The Kier molecular flexibility index (Phi) is 5.36. The molecule has 17 heavy (non-hydrogen) atoms. The summed E-state index contributed by atoms with van der Waals surface area (Å²) >= 11 is 0. The molecule has 0 aromatic carbocycles. The van der Waals surface area contributed by atoms with Crippen LogP contribution < -0.4 is 5.32 Å². The minimum atomic E-state index is -0.735. The van der Waals surface area contributed by atoms with Gasteiger partial charge >= 0.3 is 0 Å². The molecule has 5 nitrogen and oxygen atoms in total. The van der Waals surface area contributed by atoms with E-state index in [4.69, 9.17) is 0 Å². The van der Waals surface area contributed by atoms with E-state index in [1.165, 1.54) is 0 Å². The van der Waals surface area contributed by atoms with Crippen molar-refractivity contribution in [3.05, 3.63) is 0 Å². The molecule has 100 valence electrons. The number of likely N-dealkylation sites (tertiary alicyclic amines) is 1. The molecular weight excluding hydrogens is 220 g/mol. The lowest BCUT2D eigenvalue weighted by Gasteiger charge is -2.22. The minimum absolute atomic E-state index is 0.0352. The van der Waals surface area contributed by atoms with Crippen molar-refractivity contribution in [2.24, 2.45) is 5.92 Å². The highest BCUT2D eigenvalue weighted by molar-refractivity contribution is 5.81. The highest BCUT2D eigenvalue weighted by atomic mass is 16.3. The molecule has 0 saturated carbocycles. The Morgan fingerprint density at radius 1 is 1.29 bits per heavy atom. The van der Waals surface area contributed by atoms with Crippen molar-refractivity contribution in [1.82, 2.24) is 10.2 Å². The molecule has 0 radical (unpaired) electrons. The lowest BCUT2D eigenvalue weighted by atomic mass is 10.1. The molecule has 3 atom stereocenters. The quantitative estimate of drug-likeness (QED) is 0.614. The molecule has 0 bridgehead atoms. The van der Waals surface area contributed by atoms with Crippen LogP contribution >= 0.6 is 0 Å².